The van der Waals surface area contributed by atoms with Crippen LogP contribution in [0.4, 0.5) is 14.5 Å². The fraction of sp³-hybridized carbons (Fsp3) is 0.429. The molecule has 1 aliphatic carbocycles. The number of benzene rings is 1. The first kappa shape index (κ1) is 15.4. The van der Waals surface area contributed by atoms with E-state index in [9.17, 15) is 18.4 Å². The number of hydrogen-bond acceptors (Lipinski definition) is 3. The van der Waals surface area contributed by atoms with Gasteiger partial charge in [-0.2, -0.15) is 0 Å². The second-order valence-electron chi connectivity index (χ2n) is 5.49. The minimum absolute atomic E-state index is 0.272. The highest BCUT2D eigenvalue weighted by Gasteiger charge is 2.43. The number of carboxylic acids is 1. The Bertz CT molecular complexity index is 606. The van der Waals surface area contributed by atoms with Crippen LogP contribution in [0.3, 0.4) is 0 Å². The molecule has 0 radical (unpaired) electrons. The second-order valence-corrected chi connectivity index (χ2v) is 5.49. The molecule has 0 aromatic heterocycles. The highest BCUT2D eigenvalue weighted by molar-refractivity contribution is 6.02. The van der Waals surface area contributed by atoms with Crippen LogP contribution in [0.2, 0.25) is 0 Å². The van der Waals surface area contributed by atoms with Crippen LogP contribution < -0.4 is 11.1 Å². The lowest BCUT2D eigenvalue weighted by molar-refractivity contribution is -0.125. The molecule has 2 rings (SSSR count). The number of halogens is 2. The van der Waals surface area contributed by atoms with Crippen molar-refractivity contribution in [2.75, 3.05) is 5.32 Å². The maximum atomic E-state index is 13.3. The number of carbonyl (C=O) groups is 2. The van der Waals surface area contributed by atoms with Crippen molar-refractivity contribution in [1.29, 1.82) is 0 Å². The number of carbonyl (C=O) groups excluding carboxylic acids is 1. The third kappa shape index (κ3) is 2.73. The first-order valence-electron chi connectivity index (χ1n) is 6.55. The summed E-state index contributed by atoms with van der Waals surface area (Å²) in [7, 11) is 0. The minimum atomic E-state index is -1.45. The van der Waals surface area contributed by atoms with Gasteiger partial charge >= 0.3 is 5.97 Å². The molecule has 0 spiro atoms. The maximum Gasteiger partial charge on any atom is 0.337 e. The van der Waals surface area contributed by atoms with Crippen molar-refractivity contribution < 1.29 is 23.5 Å². The van der Waals surface area contributed by atoms with Crippen LogP contribution in [-0.4, -0.2) is 23.0 Å². The average Bonchev–Trinajstić information content (AvgIpc) is 2.74. The number of anilines is 1. The molecule has 1 amide bonds. The van der Waals surface area contributed by atoms with Gasteiger partial charge in [0.15, 0.2) is 11.6 Å². The van der Waals surface area contributed by atoms with Crippen molar-refractivity contribution in [2.24, 2.45) is 11.1 Å². The highest BCUT2D eigenvalue weighted by Crippen LogP contribution is 2.38. The zero-order chi connectivity index (χ0) is 15.8. The summed E-state index contributed by atoms with van der Waals surface area (Å²) in [4.78, 5) is 23.4. The van der Waals surface area contributed by atoms with E-state index in [0.29, 0.717) is 25.0 Å². The van der Waals surface area contributed by atoms with Crippen molar-refractivity contribution in [3.8, 4) is 0 Å². The molecular weight excluding hydrogens is 282 g/mol. The Labute approximate surface area is 120 Å². The average molecular weight is 298 g/mol. The van der Waals surface area contributed by atoms with Crippen LogP contribution in [-0.2, 0) is 4.79 Å². The van der Waals surface area contributed by atoms with Gasteiger partial charge in [-0.3, -0.25) is 4.79 Å². The van der Waals surface area contributed by atoms with Crippen molar-refractivity contribution in [3.05, 3.63) is 29.3 Å². The van der Waals surface area contributed by atoms with E-state index in [1.807, 2.05) is 0 Å². The summed E-state index contributed by atoms with van der Waals surface area (Å²) in [6, 6.07) is 0.862. The lowest BCUT2D eigenvalue weighted by Crippen LogP contribution is -2.44. The van der Waals surface area contributed by atoms with Crippen LogP contribution in [0.15, 0.2) is 12.1 Å². The first-order valence-corrected chi connectivity index (χ1v) is 6.55. The highest BCUT2D eigenvalue weighted by atomic mass is 19.2. The van der Waals surface area contributed by atoms with E-state index in [-0.39, 0.29) is 11.7 Å². The van der Waals surface area contributed by atoms with E-state index in [1.165, 1.54) is 0 Å². The van der Waals surface area contributed by atoms with Gasteiger partial charge in [-0.05, 0) is 25.8 Å². The predicted octanol–water partition coefficient (Wildman–Crippen LogP) is 2.12. The third-order valence-electron chi connectivity index (χ3n) is 4.09. The molecule has 1 saturated carbocycles. The molecule has 0 bridgehead atoms. The first-order chi connectivity index (χ1) is 9.75. The molecule has 0 aliphatic heterocycles. The Morgan fingerprint density at radius 2 is 2.00 bits per heavy atom. The van der Waals surface area contributed by atoms with Gasteiger partial charge in [-0.25, -0.2) is 13.6 Å². The SMILES string of the molecule is CC1(C(=O)Nc2cc(F)c(F)cc2C(=O)O)CCCC1N. The number of nitrogens with two attached hydrogens (primary N) is 1. The van der Waals surface area contributed by atoms with Gasteiger partial charge in [-0.1, -0.05) is 6.42 Å². The Hall–Kier alpha value is -2.02. The summed E-state index contributed by atoms with van der Waals surface area (Å²) >= 11 is 0. The molecule has 0 heterocycles. The molecule has 2 unspecified atom stereocenters. The third-order valence-corrected chi connectivity index (χ3v) is 4.09. The lowest BCUT2D eigenvalue weighted by atomic mass is 9.84. The molecule has 114 valence electrons. The molecule has 2 atom stereocenters. The van der Waals surface area contributed by atoms with E-state index < -0.39 is 34.5 Å². The molecule has 1 aliphatic rings. The molecule has 21 heavy (non-hydrogen) atoms. The standard InChI is InChI=1S/C14H16F2N2O3/c1-14(4-2-3-11(14)17)13(21)18-10-6-9(16)8(15)5-7(10)12(19)20/h5-6,11H,2-4,17H2,1H3,(H,18,21)(H,19,20). The van der Waals surface area contributed by atoms with Gasteiger partial charge < -0.3 is 16.2 Å². The van der Waals surface area contributed by atoms with Crippen LogP contribution in [0.1, 0.15) is 36.5 Å². The Balaban J connectivity index is 2.33. The summed E-state index contributed by atoms with van der Waals surface area (Å²) < 4.78 is 26.4. The molecule has 0 saturated heterocycles. The van der Waals surface area contributed by atoms with Crippen molar-refractivity contribution in [1.82, 2.24) is 0 Å². The number of rotatable bonds is 3. The summed E-state index contributed by atoms with van der Waals surface area (Å²) in [5.74, 6) is -4.45. The quantitative estimate of drug-likeness (QED) is 0.797. The predicted molar refractivity (Wildman–Crippen MR) is 71.9 cm³/mol. The fourth-order valence-electron chi connectivity index (χ4n) is 2.57. The molecule has 1 aromatic rings. The maximum absolute atomic E-state index is 13.3. The number of nitrogens with one attached hydrogen (secondary N) is 1. The van der Waals surface area contributed by atoms with Crippen molar-refractivity contribution >= 4 is 17.6 Å². The fourth-order valence-corrected chi connectivity index (χ4v) is 2.57. The zero-order valence-corrected chi connectivity index (χ0v) is 11.5. The molecule has 5 nitrogen and oxygen atoms in total. The molecule has 7 heteroatoms. The second kappa shape index (κ2) is 5.40. The van der Waals surface area contributed by atoms with E-state index in [4.69, 9.17) is 10.8 Å². The van der Waals surface area contributed by atoms with Crippen molar-refractivity contribution in [3.63, 3.8) is 0 Å². The summed E-state index contributed by atoms with van der Waals surface area (Å²) in [5, 5.41) is 11.4. The van der Waals surface area contributed by atoms with E-state index in [1.54, 1.807) is 6.92 Å². The molecule has 1 fully saturated rings. The molecular formula is C14H16F2N2O3. The number of aromatic carboxylic acids is 1. The van der Waals surface area contributed by atoms with Crippen LogP contribution in [0, 0.1) is 17.0 Å². The summed E-state index contributed by atoms with van der Waals surface area (Å²) in [6.45, 7) is 1.68. The van der Waals surface area contributed by atoms with Crippen molar-refractivity contribution in [2.45, 2.75) is 32.2 Å². The number of amides is 1. The van der Waals surface area contributed by atoms with Crippen LogP contribution >= 0.6 is 0 Å². The Kier molecular flexibility index (Phi) is 3.95. The number of hydrogen-bond donors (Lipinski definition) is 3. The van der Waals surface area contributed by atoms with Gasteiger partial charge in [0.05, 0.1) is 16.7 Å². The topological polar surface area (TPSA) is 92.4 Å². The Morgan fingerprint density at radius 1 is 1.38 bits per heavy atom. The normalized spacial score (nSPS) is 24.9. The van der Waals surface area contributed by atoms with Crippen LogP contribution in [0.5, 0.6) is 0 Å². The number of carboxylic acid groups (broad SMARTS) is 1. The Morgan fingerprint density at radius 3 is 2.52 bits per heavy atom. The van der Waals surface area contributed by atoms with Gasteiger partial charge in [0.2, 0.25) is 5.91 Å². The van der Waals surface area contributed by atoms with Gasteiger partial charge in [0.1, 0.15) is 0 Å². The minimum Gasteiger partial charge on any atom is -0.478 e. The molecule has 4 N–H and O–H groups in total. The largest absolute Gasteiger partial charge is 0.478 e. The molecule has 1 aromatic carbocycles. The monoisotopic (exact) mass is 298 g/mol. The van der Waals surface area contributed by atoms with Gasteiger partial charge in [0, 0.05) is 12.1 Å². The van der Waals surface area contributed by atoms with E-state index in [2.05, 4.69) is 5.32 Å². The smallest absolute Gasteiger partial charge is 0.337 e. The van der Waals surface area contributed by atoms with Crippen LogP contribution in [0.25, 0.3) is 0 Å². The van der Waals surface area contributed by atoms with E-state index >= 15 is 0 Å². The lowest BCUT2D eigenvalue weighted by Gasteiger charge is -2.27. The van der Waals surface area contributed by atoms with Gasteiger partial charge in [-0.15, -0.1) is 0 Å². The summed E-state index contributed by atoms with van der Waals surface area (Å²) in [6.07, 6.45) is 2.04. The van der Waals surface area contributed by atoms with Gasteiger partial charge in [0.25, 0.3) is 0 Å². The zero-order valence-electron chi connectivity index (χ0n) is 11.5. The summed E-state index contributed by atoms with van der Waals surface area (Å²) in [5.41, 5.74) is 4.29. The van der Waals surface area contributed by atoms with E-state index in [0.717, 1.165) is 6.42 Å².